The third-order valence-electron chi connectivity index (χ3n) is 3.43. The van der Waals surface area contributed by atoms with Gasteiger partial charge in [-0.25, -0.2) is 0 Å². The number of piperazine rings is 1. The summed E-state index contributed by atoms with van der Waals surface area (Å²) in [5, 5.41) is 3.37. The lowest BCUT2D eigenvalue weighted by Crippen LogP contribution is -2.42. The van der Waals surface area contributed by atoms with E-state index < -0.39 is 0 Å². The molecule has 3 rings (SSSR count). The fraction of sp³-hybridized carbons (Fsp3) is 0.538. The number of benzene rings is 1. The highest BCUT2D eigenvalue weighted by Gasteiger charge is 2.17. The smallest absolute Gasteiger partial charge is 0.231 e. The molecule has 4 heteroatoms. The van der Waals surface area contributed by atoms with E-state index in [1.54, 1.807) is 0 Å². The third-order valence-corrected chi connectivity index (χ3v) is 3.43. The summed E-state index contributed by atoms with van der Waals surface area (Å²) in [6, 6.07) is 4.21. The van der Waals surface area contributed by atoms with Crippen LogP contribution >= 0.6 is 0 Å². The standard InChI is InChI=1S/C13H18N2O2/c1-10-6-12-13(17-9-16-12)7-11(10)8-15-4-2-14-3-5-15/h6-7,14H,2-5,8-9H2,1H3. The van der Waals surface area contributed by atoms with Crippen LogP contribution in [0.4, 0.5) is 0 Å². The zero-order valence-electron chi connectivity index (χ0n) is 10.2. The van der Waals surface area contributed by atoms with E-state index in [0.29, 0.717) is 6.79 Å². The lowest BCUT2D eigenvalue weighted by Gasteiger charge is -2.27. The number of aryl methyl sites for hydroxylation is 1. The minimum atomic E-state index is 0.353. The van der Waals surface area contributed by atoms with Crippen molar-refractivity contribution in [1.29, 1.82) is 0 Å². The maximum atomic E-state index is 5.43. The van der Waals surface area contributed by atoms with Crippen LogP contribution in [0.15, 0.2) is 12.1 Å². The van der Waals surface area contributed by atoms with E-state index in [2.05, 4.69) is 29.3 Å². The molecule has 0 bridgehead atoms. The van der Waals surface area contributed by atoms with Crippen molar-refractivity contribution in [2.75, 3.05) is 33.0 Å². The Morgan fingerprint density at radius 2 is 1.88 bits per heavy atom. The topological polar surface area (TPSA) is 33.7 Å². The highest BCUT2D eigenvalue weighted by molar-refractivity contribution is 5.48. The largest absolute Gasteiger partial charge is 0.454 e. The molecule has 92 valence electrons. The molecule has 0 aliphatic carbocycles. The number of hydrogen-bond donors (Lipinski definition) is 1. The fourth-order valence-electron chi connectivity index (χ4n) is 2.37. The van der Waals surface area contributed by atoms with Crippen molar-refractivity contribution in [2.24, 2.45) is 0 Å². The zero-order valence-corrected chi connectivity index (χ0v) is 10.2. The molecule has 2 aliphatic rings. The molecule has 0 spiro atoms. The zero-order chi connectivity index (χ0) is 11.7. The molecule has 2 heterocycles. The summed E-state index contributed by atoms with van der Waals surface area (Å²) in [5.74, 6) is 1.77. The van der Waals surface area contributed by atoms with Crippen LogP contribution in [0.2, 0.25) is 0 Å². The van der Waals surface area contributed by atoms with Crippen LogP contribution in [0.5, 0.6) is 11.5 Å². The van der Waals surface area contributed by atoms with Crippen LogP contribution in [0.25, 0.3) is 0 Å². The minimum absolute atomic E-state index is 0.353. The molecule has 1 aromatic carbocycles. The third kappa shape index (κ3) is 2.23. The molecule has 4 nitrogen and oxygen atoms in total. The summed E-state index contributed by atoms with van der Waals surface area (Å²) in [7, 11) is 0. The van der Waals surface area contributed by atoms with Gasteiger partial charge in [-0.05, 0) is 30.2 Å². The number of fused-ring (bicyclic) bond motifs is 1. The molecular weight excluding hydrogens is 216 g/mol. The first-order valence-electron chi connectivity index (χ1n) is 6.15. The molecule has 0 amide bonds. The van der Waals surface area contributed by atoms with Crippen LogP contribution in [0, 0.1) is 6.92 Å². The van der Waals surface area contributed by atoms with Gasteiger partial charge in [-0.2, -0.15) is 0 Å². The second kappa shape index (κ2) is 4.55. The lowest BCUT2D eigenvalue weighted by atomic mass is 10.1. The quantitative estimate of drug-likeness (QED) is 0.831. The molecule has 1 N–H and O–H groups in total. The number of hydrogen-bond acceptors (Lipinski definition) is 4. The first-order valence-corrected chi connectivity index (χ1v) is 6.15. The second-order valence-corrected chi connectivity index (χ2v) is 4.66. The van der Waals surface area contributed by atoms with Crippen molar-refractivity contribution in [1.82, 2.24) is 10.2 Å². The van der Waals surface area contributed by atoms with E-state index in [4.69, 9.17) is 9.47 Å². The van der Waals surface area contributed by atoms with Gasteiger partial charge in [-0.1, -0.05) is 0 Å². The molecule has 1 fully saturated rings. The van der Waals surface area contributed by atoms with Gasteiger partial charge in [-0.15, -0.1) is 0 Å². The highest BCUT2D eigenvalue weighted by atomic mass is 16.7. The number of nitrogens with one attached hydrogen (secondary N) is 1. The molecule has 0 radical (unpaired) electrons. The van der Waals surface area contributed by atoms with E-state index in [0.717, 1.165) is 44.2 Å². The average Bonchev–Trinajstić information content (AvgIpc) is 2.78. The van der Waals surface area contributed by atoms with Gasteiger partial charge in [0.15, 0.2) is 11.5 Å². The maximum Gasteiger partial charge on any atom is 0.231 e. The summed E-state index contributed by atoms with van der Waals surface area (Å²) in [5.41, 5.74) is 2.63. The lowest BCUT2D eigenvalue weighted by molar-refractivity contribution is 0.174. The van der Waals surface area contributed by atoms with Crippen LogP contribution in [-0.2, 0) is 6.54 Å². The van der Waals surface area contributed by atoms with Gasteiger partial charge in [0.2, 0.25) is 6.79 Å². The summed E-state index contributed by atoms with van der Waals surface area (Å²) in [4.78, 5) is 2.47. The Bertz CT molecular complexity index is 414. The Morgan fingerprint density at radius 3 is 2.65 bits per heavy atom. The van der Waals surface area contributed by atoms with Gasteiger partial charge in [-0.3, -0.25) is 4.90 Å². The highest BCUT2D eigenvalue weighted by Crippen LogP contribution is 2.34. The Hall–Kier alpha value is -1.26. The molecule has 0 atom stereocenters. The predicted octanol–water partition coefficient (Wildman–Crippen LogP) is 1.13. The summed E-state index contributed by atoms with van der Waals surface area (Å²) in [6.45, 7) is 7.91. The van der Waals surface area contributed by atoms with Crippen LogP contribution in [0.3, 0.4) is 0 Å². The molecular formula is C13H18N2O2. The number of ether oxygens (including phenoxy) is 2. The Morgan fingerprint density at radius 1 is 1.18 bits per heavy atom. The van der Waals surface area contributed by atoms with Crippen molar-refractivity contribution >= 4 is 0 Å². The van der Waals surface area contributed by atoms with Crippen molar-refractivity contribution in [3.63, 3.8) is 0 Å². The van der Waals surface area contributed by atoms with E-state index in [1.165, 1.54) is 11.1 Å². The molecule has 0 unspecified atom stereocenters. The van der Waals surface area contributed by atoms with E-state index in [-0.39, 0.29) is 0 Å². The maximum absolute atomic E-state index is 5.43. The molecule has 1 aromatic rings. The SMILES string of the molecule is Cc1cc2c(cc1CN1CCNCC1)OCO2. The first-order chi connectivity index (χ1) is 8.33. The van der Waals surface area contributed by atoms with Crippen LogP contribution < -0.4 is 14.8 Å². The minimum Gasteiger partial charge on any atom is -0.454 e. The van der Waals surface area contributed by atoms with Gasteiger partial charge >= 0.3 is 0 Å². The predicted molar refractivity (Wildman–Crippen MR) is 65.4 cm³/mol. The van der Waals surface area contributed by atoms with Crippen molar-refractivity contribution in [3.8, 4) is 11.5 Å². The molecule has 1 saturated heterocycles. The summed E-state index contributed by atoms with van der Waals surface area (Å²) in [6.07, 6.45) is 0. The van der Waals surface area contributed by atoms with E-state index in [9.17, 15) is 0 Å². The summed E-state index contributed by atoms with van der Waals surface area (Å²) < 4.78 is 10.8. The van der Waals surface area contributed by atoms with Crippen LogP contribution in [-0.4, -0.2) is 37.9 Å². The molecule has 0 aromatic heterocycles. The first kappa shape index (κ1) is 10.9. The van der Waals surface area contributed by atoms with Gasteiger partial charge in [0, 0.05) is 32.7 Å². The van der Waals surface area contributed by atoms with Crippen molar-refractivity contribution < 1.29 is 9.47 Å². The van der Waals surface area contributed by atoms with Crippen molar-refractivity contribution in [3.05, 3.63) is 23.3 Å². The van der Waals surface area contributed by atoms with Gasteiger partial charge in [0.1, 0.15) is 0 Å². The van der Waals surface area contributed by atoms with Gasteiger partial charge in [0.05, 0.1) is 0 Å². The Labute approximate surface area is 102 Å². The van der Waals surface area contributed by atoms with E-state index >= 15 is 0 Å². The fourth-order valence-corrected chi connectivity index (χ4v) is 2.37. The Balaban J connectivity index is 1.78. The molecule has 17 heavy (non-hydrogen) atoms. The number of rotatable bonds is 2. The van der Waals surface area contributed by atoms with Gasteiger partial charge in [0.25, 0.3) is 0 Å². The normalized spacial score (nSPS) is 19.6. The number of nitrogens with zero attached hydrogens (tertiary/aromatic N) is 1. The molecule has 0 saturated carbocycles. The average molecular weight is 234 g/mol. The monoisotopic (exact) mass is 234 g/mol. The van der Waals surface area contributed by atoms with E-state index in [1.807, 2.05) is 0 Å². The van der Waals surface area contributed by atoms with Gasteiger partial charge < -0.3 is 14.8 Å². The Kier molecular flexibility index (Phi) is 2.91. The van der Waals surface area contributed by atoms with Crippen molar-refractivity contribution in [2.45, 2.75) is 13.5 Å². The second-order valence-electron chi connectivity index (χ2n) is 4.66. The summed E-state index contributed by atoms with van der Waals surface area (Å²) >= 11 is 0. The van der Waals surface area contributed by atoms with Crippen LogP contribution in [0.1, 0.15) is 11.1 Å². The molecule has 2 aliphatic heterocycles.